The van der Waals surface area contributed by atoms with Gasteiger partial charge in [-0.05, 0) is 0 Å². The van der Waals surface area contributed by atoms with Gasteiger partial charge in [-0.25, -0.2) is 0 Å². The fourth-order valence-electron chi connectivity index (χ4n) is 0.575. The molecule has 3 heteroatoms. The van der Waals surface area contributed by atoms with Gasteiger partial charge in [-0.15, -0.1) is 6.42 Å². The summed E-state index contributed by atoms with van der Waals surface area (Å²) in [7, 11) is 1.68. The van der Waals surface area contributed by atoms with Crippen LogP contribution in [-0.4, -0.2) is 40.0 Å². The minimum atomic E-state index is 0.395. The van der Waals surface area contributed by atoms with Crippen molar-refractivity contribution in [3.63, 3.8) is 0 Å². The molecule has 0 atom stereocenters. The van der Waals surface area contributed by atoms with Crippen LogP contribution >= 0.6 is 0 Å². The standard InChI is InChI=1S/C8H15NO2/c1-3-6-11-8-5-9-4-7-10-2/h1,9H,4-8H2,2H3. The zero-order chi connectivity index (χ0) is 8.36. The Morgan fingerprint density at radius 1 is 1.36 bits per heavy atom. The van der Waals surface area contributed by atoms with Crippen LogP contribution in [0.25, 0.3) is 0 Å². The van der Waals surface area contributed by atoms with Crippen molar-refractivity contribution in [2.75, 3.05) is 40.0 Å². The van der Waals surface area contributed by atoms with Crippen LogP contribution in [0.1, 0.15) is 0 Å². The maximum atomic E-state index is 5.02. The average Bonchev–Trinajstić information content (AvgIpc) is 2.03. The van der Waals surface area contributed by atoms with Gasteiger partial charge in [-0.1, -0.05) is 5.92 Å². The van der Waals surface area contributed by atoms with E-state index >= 15 is 0 Å². The molecule has 0 aliphatic rings. The van der Waals surface area contributed by atoms with Crippen LogP contribution in [-0.2, 0) is 9.47 Å². The normalized spacial score (nSPS) is 9.45. The van der Waals surface area contributed by atoms with Crippen molar-refractivity contribution in [2.24, 2.45) is 0 Å². The first-order valence-electron chi connectivity index (χ1n) is 3.62. The van der Waals surface area contributed by atoms with Gasteiger partial charge in [0.2, 0.25) is 0 Å². The Hall–Kier alpha value is -0.560. The predicted octanol–water partition coefficient (Wildman–Crippen LogP) is -0.128. The molecule has 0 amide bonds. The Bertz CT molecular complexity index is 109. The number of nitrogens with one attached hydrogen (secondary N) is 1. The van der Waals surface area contributed by atoms with Gasteiger partial charge in [0, 0.05) is 20.2 Å². The fraction of sp³-hybridized carbons (Fsp3) is 0.750. The van der Waals surface area contributed by atoms with Crippen molar-refractivity contribution in [3.8, 4) is 12.3 Å². The summed E-state index contributed by atoms with van der Waals surface area (Å²) < 4.78 is 9.86. The lowest BCUT2D eigenvalue weighted by atomic mass is 10.6. The van der Waals surface area contributed by atoms with Crippen molar-refractivity contribution in [2.45, 2.75) is 0 Å². The molecule has 0 saturated heterocycles. The lowest BCUT2D eigenvalue weighted by molar-refractivity contribution is 0.161. The second-order valence-corrected chi connectivity index (χ2v) is 2.00. The van der Waals surface area contributed by atoms with Crippen molar-refractivity contribution < 1.29 is 9.47 Å². The first-order chi connectivity index (χ1) is 5.41. The third-order valence-electron chi connectivity index (χ3n) is 1.09. The second-order valence-electron chi connectivity index (χ2n) is 2.00. The summed E-state index contributed by atoms with van der Waals surface area (Å²) in [5, 5.41) is 3.13. The van der Waals surface area contributed by atoms with Crippen LogP contribution in [0.3, 0.4) is 0 Å². The van der Waals surface area contributed by atoms with E-state index in [9.17, 15) is 0 Å². The van der Waals surface area contributed by atoms with Gasteiger partial charge < -0.3 is 14.8 Å². The van der Waals surface area contributed by atoms with E-state index in [4.69, 9.17) is 15.9 Å². The maximum Gasteiger partial charge on any atom is 0.107 e. The molecule has 0 aromatic rings. The number of hydrogen-bond donors (Lipinski definition) is 1. The largest absolute Gasteiger partial charge is 0.383 e. The molecule has 0 radical (unpaired) electrons. The fourth-order valence-corrected chi connectivity index (χ4v) is 0.575. The van der Waals surface area contributed by atoms with Crippen LogP contribution < -0.4 is 5.32 Å². The van der Waals surface area contributed by atoms with E-state index in [1.807, 2.05) is 0 Å². The third kappa shape index (κ3) is 9.44. The molecule has 64 valence electrons. The molecule has 0 aliphatic heterocycles. The first-order valence-corrected chi connectivity index (χ1v) is 3.62. The van der Waals surface area contributed by atoms with Gasteiger partial charge in [0.05, 0.1) is 13.2 Å². The highest BCUT2D eigenvalue weighted by molar-refractivity contribution is 4.82. The Morgan fingerprint density at radius 3 is 2.73 bits per heavy atom. The summed E-state index contributed by atoms with van der Waals surface area (Å²) in [4.78, 5) is 0. The van der Waals surface area contributed by atoms with Crippen LogP contribution in [0.5, 0.6) is 0 Å². The Labute approximate surface area is 68.1 Å². The molecule has 0 unspecified atom stereocenters. The van der Waals surface area contributed by atoms with E-state index in [1.165, 1.54) is 0 Å². The first kappa shape index (κ1) is 10.4. The molecule has 0 saturated carbocycles. The van der Waals surface area contributed by atoms with Gasteiger partial charge in [0.1, 0.15) is 6.61 Å². The molecule has 0 aromatic heterocycles. The molecule has 11 heavy (non-hydrogen) atoms. The summed E-state index contributed by atoms with van der Waals surface area (Å²) in [6, 6.07) is 0. The lowest BCUT2D eigenvalue weighted by Gasteiger charge is -2.02. The van der Waals surface area contributed by atoms with Crippen molar-refractivity contribution in [3.05, 3.63) is 0 Å². The number of terminal acetylenes is 1. The van der Waals surface area contributed by atoms with Crippen molar-refractivity contribution in [1.82, 2.24) is 5.32 Å². The van der Waals surface area contributed by atoms with E-state index in [-0.39, 0.29) is 0 Å². The minimum absolute atomic E-state index is 0.395. The van der Waals surface area contributed by atoms with Crippen LogP contribution in [0.2, 0.25) is 0 Å². The third-order valence-corrected chi connectivity index (χ3v) is 1.09. The van der Waals surface area contributed by atoms with Gasteiger partial charge in [-0.2, -0.15) is 0 Å². The van der Waals surface area contributed by atoms with E-state index in [1.54, 1.807) is 7.11 Å². The summed E-state index contributed by atoms with van der Waals surface area (Å²) in [5.74, 6) is 2.40. The quantitative estimate of drug-likeness (QED) is 0.412. The molecule has 0 bridgehead atoms. The summed E-state index contributed by atoms with van der Waals surface area (Å²) in [6.45, 7) is 3.47. The molecule has 0 aliphatic carbocycles. The summed E-state index contributed by atoms with van der Waals surface area (Å²) >= 11 is 0. The highest BCUT2D eigenvalue weighted by atomic mass is 16.5. The van der Waals surface area contributed by atoms with Crippen molar-refractivity contribution >= 4 is 0 Å². The minimum Gasteiger partial charge on any atom is -0.383 e. The highest BCUT2D eigenvalue weighted by Gasteiger charge is 1.85. The summed E-state index contributed by atoms with van der Waals surface area (Å²) in [5.41, 5.74) is 0. The van der Waals surface area contributed by atoms with Gasteiger partial charge in [-0.3, -0.25) is 0 Å². The molecule has 0 heterocycles. The smallest absolute Gasteiger partial charge is 0.107 e. The van der Waals surface area contributed by atoms with Gasteiger partial charge >= 0.3 is 0 Å². The van der Waals surface area contributed by atoms with Crippen LogP contribution in [0.4, 0.5) is 0 Å². The van der Waals surface area contributed by atoms with Crippen LogP contribution in [0, 0.1) is 12.3 Å². The molecule has 0 spiro atoms. The summed E-state index contributed by atoms with van der Waals surface area (Å²) in [6.07, 6.45) is 4.98. The lowest BCUT2D eigenvalue weighted by Crippen LogP contribution is -2.23. The SMILES string of the molecule is C#CCOCCNCCOC. The topological polar surface area (TPSA) is 30.5 Å². The molecule has 3 nitrogen and oxygen atoms in total. The van der Waals surface area contributed by atoms with E-state index in [0.717, 1.165) is 19.7 Å². The zero-order valence-electron chi connectivity index (χ0n) is 6.93. The number of rotatable bonds is 7. The second kappa shape index (κ2) is 9.44. The van der Waals surface area contributed by atoms with E-state index in [2.05, 4.69) is 11.2 Å². The highest BCUT2D eigenvalue weighted by Crippen LogP contribution is 1.70. The molecular formula is C8H15NO2. The Morgan fingerprint density at radius 2 is 2.09 bits per heavy atom. The van der Waals surface area contributed by atoms with Gasteiger partial charge in [0.25, 0.3) is 0 Å². The van der Waals surface area contributed by atoms with Crippen molar-refractivity contribution in [1.29, 1.82) is 0 Å². The Balaban J connectivity index is 2.75. The average molecular weight is 157 g/mol. The number of hydrogen-bond acceptors (Lipinski definition) is 3. The number of methoxy groups -OCH3 is 1. The zero-order valence-corrected chi connectivity index (χ0v) is 6.93. The molecular weight excluding hydrogens is 142 g/mol. The van der Waals surface area contributed by atoms with E-state index < -0.39 is 0 Å². The Kier molecular flexibility index (Phi) is 8.96. The van der Waals surface area contributed by atoms with Gasteiger partial charge in [0.15, 0.2) is 0 Å². The molecule has 1 N–H and O–H groups in total. The number of ether oxygens (including phenoxy) is 2. The molecule has 0 fully saturated rings. The van der Waals surface area contributed by atoms with Crippen LogP contribution in [0.15, 0.2) is 0 Å². The molecule has 0 rings (SSSR count). The predicted molar refractivity (Wildman–Crippen MR) is 44.4 cm³/mol. The monoisotopic (exact) mass is 157 g/mol. The van der Waals surface area contributed by atoms with E-state index in [0.29, 0.717) is 13.2 Å². The molecule has 0 aromatic carbocycles. The maximum absolute atomic E-state index is 5.02.